The van der Waals surface area contributed by atoms with Gasteiger partial charge in [0.2, 0.25) is 5.84 Å². The van der Waals surface area contributed by atoms with Crippen molar-refractivity contribution in [3.8, 4) is 0 Å². The van der Waals surface area contributed by atoms with Crippen LogP contribution in [0.4, 0.5) is 0 Å². The molecule has 1 rings (SSSR count). The van der Waals surface area contributed by atoms with Gasteiger partial charge < -0.3 is 5.11 Å². The van der Waals surface area contributed by atoms with E-state index in [-0.39, 0.29) is 6.23 Å². The molecule has 0 aliphatic carbocycles. The molecule has 0 aromatic heterocycles. The zero-order chi connectivity index (χ0) is 19.6. The third-order valence-electron chi connectivity index (χ3n) is 6.00. The highest BCUT2D eigenvalue weighted by Gasteiger charge is 2.22. The van der Waals surface area contributed by atoms with E-state index in [1.165, 1.54) is 115 Å². The molecular weight excluding hydrogens is 332 g/mol. The van der Waals surface area contributed by atoms with Gasteiger partial charge in [-0.05, 0) is 6.42 Å². The molecule has 0 bridgehead atoms. The first kappa shape index (κ1) is 24.5. The van der Waals surface area contributed by atoms with Crippen molar-refractivity contribution >= 4 is 5.84 Å². The van der Waals surface area contributed by atoms with Gasteiger partial charge in [-0.3, -0.25) is 5.32 Å². The summed E-state index contributed by atoms with van der Waals surface area (Å²) in [5.41, 5.74) is 0. The first-order valence-electron chi connectivity index (χ1n) is 12.3. The van der Waals surface area contributed by atoms with Crippen molar-refractivity contribution in [1.29, 1.82) is 0 Å². The fraction of sp³-hybridized carbons (Fsp3) is 0.958. The highest BCUT2D eigenvalue weighted by Crippen LogP contribution is 2.14. The normalized spacial score (nSPS) is 15.4. The van der Waals surface area contributed by atoms with E-state index in [0.29, 0.717) is 0 Å². The van der Waals surface area contributed by atoms with Crippen LogP contribution in [0.1, 0.15) is 129 Å². The molecule has 27 heavy (non-hydrogen) atoms. The Morgan fingerprint density at radius 2 is 1.15 bits per heavy atom. The Morgan fingerprint density at radius 3 is 1.56 bits per heavy atom. The molecule has 1 unspecified atom stereocenters. The minimum Gasteiger partial charge on any atom is -0.356 e. The Bertz CT molecular complexity index is 365. The van der Waals surface area contributed by atoms with Crippen molar-refractivity contribution in [2.24, 2.45) is 0 Å². The summed E-state index contributed by atoms with van der Waals surface area (Å²) in [6.45, 7) is 6.09. The van der Waals surface area contributed by atoms with Crippen LogP contribution >= 0.6 is 0 Å². The maximum Gasteiger partial charge on any atom is 0.247 e. The molecule has 0 aromatic carbocycles. The molecule has 0 saturated heterocycles. The molecule has 0 aromatic rings. The molecule has 3 nitrogen and oxygen atoms in total. The summed E-state index contributed by atoms with van der Waals surface area (Å²) in [6.07, 6.45) is 24.9. The van der Waals surface area contributed by atoms with Crippen LogP contribution in [-0.4, -0.2) is 34.8 Å². The van der Waals surface area contributed by atoms with E-state index in [9.17, 15) is 5.11 Å². The molecule has 0 fully saturated rings. The average molecular weight is 382 g/mol. The predicted molar refractivity (Wildman–Crippen MR) is 119 cm³/mol. The zero-order valence-electron chi connectivity index (χ0n) is 18.6. The lowest BCUT2D eigenvalue weighted by Gasteiger charge is -2.06. The maximum atomic E-state index is 9.73. The van der Waals surface area contributed by atoms with Gasteiger partial charge in [-0.2, -0.15) is 0 Å². The number of aliphatic hydroxyl groups is 1. The summed E-state index contributed by atoms with van der Waals surface area (Å²) in [4.78, 5) is 0. The average Bonchev–Trinajstić information content (AvgIpc) is 3.13. The summed E-state index contributed by atoms with van der Waals surface area (Å²) in [5.74, 6) is 1.26. The number of nitrogens with zero attached hydrogens (tertiary/aromatic N) is 1. The lowest BCUT2D eigenvalue weighted by atomic mass is 10.0. The Hall–Kier alpha value is -0.570. The number of aliphatic hydroxyl groups excluding tert-OH is 1. The third kappa shape index (κ3) is 13.3. The smallest absolute Gasteiger partial charge is 0.247 e. The van der Waals surface area contributed by atoms with Gasteiger partial charge in [-0.25, -0.2) is 4.58 Å². The number of unbranched alkanes of at least 4 members (excludes halogenated alkanes) is 16. The van der Waals surface area contributed by atoms with E-state index in [0.717, 1.165) is 19.5 Å². The van der Waals surface area contributed by atoms with Crippen molar-refractivity contribution in [3.05, 3.63) is 0 Å². The minimum absolute atomic E-state index is 0.346. The molecule has 1 aliphatic heterocycles. The van der Waals surface area contributed by atoms with Crippen LogP contribution in [0.25, 0.3) is 0 Å². The number of hydrogen-bond acceptors (Lipinski definition) is 2. The maximum absolute atomic E-state index is 9.73. The van der Waals surface area contributed by atoms with E-state index in [2.05, 4.69) is 16.8 Å². The predicted octanol–water partition coefficient (Wildman–Crippen LogP) is 6.38. The van der Waals surface area contributed by atoms with Gasteiger partial charge in [-0.1, -0.05) is 110 Å². The van der Waals surface area contributed by atoms with Crippen molar-refractivity contribution in [3.63, 3.8) is 0 Å². The summed E-state index contributed by atoms with van der Waals surface area (Å²) in [7, 11) is 0. The Kier molecular flexibility index (Phi) is 15.9. The van der Waals surface area contributed by atoms with Gasteiger partial charge >= 0.3 is 0 Å². The lowest BCUT2D eigenvalue weighted by molar-refractivity contribution is -0.597. The molecule has 1 aliphatic rings. The van der Waals surface area contributed by atoms with Crippen LogP contribution in [0.3, 0.4) is 0 Å². The number of rotatable bonds is 19. The summed E-state index contributed by atoms with van der Waals surface area (Å²) in [6, 6.07) is 0. The van der Waals surface area contributed by atoms with Gasteiger partial charge in [0.25, 0.3) is 0 Å². The summed E-state index contributed by atoms with van der Waals surface area (Å²) >= 11 is 0. The SMILES string of the molecule is CCCCCCCCCCCCCCCCCCCC1=[N+](C(C)O)CCN1. The quantitative estimate of drug-likeness (QED) is 0.201. The molecule has 3 heteroatoms. The van der Waals surface area contributed by atoms with Gasteiger partial charge in [0.1, 0.15) is 13.1 Å². The van der Waals surface area contributed by atoms with E-state index in [1.807, 2.05) is 6.92 Å². The Morgan fingerprint density at radius 1 is 0.741 bits per heavy atom. The molecule has 0 radical (unpaired) electrons. The molecule has 160 valence electrons. The van der Waals surface area contributed by atoms with Crippen molar-refractivity contribution in [2.75, 3.05) is 13.1 Å². The molecule has 2 N–H and O–H groups in total. The topological polar surface area (TPSA) is 35.3 Å². The van der Waals surface area contributed by atoms with Gasteiger partial charge in [-0.15, -0.1) is 0 Å². The largest absolute Gasteiger partial charge is 0.356 e. The van der Waals surface area contributed by atoms with Gasteiger partial charge in [0.05, 0.1) is 0 Å². The summed E-state index contributed by atoms with van der Waals surface area (Å²) in [5, 5.41) is 13.2. The van der Waals surface area contributed by atoms with Crippen molar-refractivity contribution in [1.82, 2.24) is 5.32 Å². The van der Waals surface area contributed by atoms with Crippen LogP contribution in [0.15, 0.2) is 0 Å². The Balaban J connectivity index is 1.76. The lowest BCUT2D eigenvalue weighted by Crippen LogP contribution is -2.28. The number of hydrogen-bond donors (Lipinski definition) is 2. The standard InChI is InChI=1S/C24H48N2O/c1-3-4-5-6-7-8-9-10-11-12-13-14-15-16-17-18-19-20-24-25-21-22-26(24)23(2)27/h23,27H,3-22H2,1-2H3/p+1. The second-order valence-electron chi connectivity index (χ2n) is 8.61. The van der Waals surface area contributed by atoms with Crippen LogP contribution in [0.2, 0.25) is 0 Å². The van der Waals surface area contributed by atoms with Crippen LogP contribution in [0.5, 0.6) is 0 Å². The molecule has 0 amide bonds. The van der Waals surface area contributed by atoms with E-state index < -0.39 is 0 Å². The fourth-order valence-corrected chi connectivity index (χ4v) is 4.22. The molecule has 1 atom stereocenters. The number of amidine groups is 1. The first-order valence-corrected chi connectivity index (χ1v) is 12.3. The van der Waals surface area contributed by atoms with Crippen LogP contribution in [-0.2, 0) is 0 Å². The molecule has 1 heterocycles. The highest BCUT2D eigenvalue weighted by atomic mass is 16.3. The van der Waals surface area contributed by atoms with Crippen LogP contribution in [0, 0.1) is 0 Å². The third-order valence-corrected chi connectivity index (χ3v) is 6.00. The Labute approximate surface area is 170 Å². The minimum atomic E-state index is -0.346. The molecular formula is C24H49N2O+. The van der Waals surface area contributed by atoms with Gasteiger partial charge in [0.15, 0.2) is 6.23 Å². The monoisotopic (exact) mass is 381 g/mol. The molecule has 0 saturated carbocycles. The molecule has 0 spiro atoms. The number of nitrogens with one attached hydrogen (secondary N) is 1. The van der Waals surface area contributed by atoms with Crippen molar-refractivity contribution in [2.45, 2.75) is 136 Å². The van der Waals surface area contributed by atoms with E-state index in [1.54, 1.807) is 0 Å². The van der Waals surface area contributed by atoms with Crippen LogP contribution < -0.4 is 5.32 Å². The van der Waals surface area contributed by atoms with Crippen molar-refractivity contribution < 1.29 is 9.68 Å². The zero-order valence-corrected chi connectivity index (χ0v) is 18.6. The fourth-order valence-electron chi connectivity index (χ4n) is 4.22. The first-order chi connectivity index (χ1) is 13.3. The van der Waals surface area contributed by atoms with E-state index in [4.69, 9.17) is 0 Å². The second kappa shape index (κ2) is 17.5. The second-order valence-corrected chi connectivity index (χ2v) is 8.61. The van der Waals surface area contributed by atoms with E-state index >= 15 is 0 Å². The summed E-state index contributed by atoms with van der Waals surface area (Å²) < 4.78 is 2.10. The van der Waals surface area contributed by atoms with Gasteiger partial charge in [0, 0.05) is 13.3 Å². The highest BCUT2D eigenvalue weighted by molar-refractivity contribution is 5.78.